The lowest BCUT2D eigenvalue weighted by atomic mass is 10.2. The molecule has 2 N–H and O–H groups in total. The second-order valence-corrected chi connectivity index (χ2v) is 5.46. The summed E-state index contributed by atoms with van der Waals surface area (Å²) in [6.07, 6.45) is 6.03. The van der Waals surface area contributed by atoms with Crippen molar-refractivity contribution in [1.82, 2.24) is 9.66 Å². The van der Waals surface area contributed by atoms with Gasteiger partial charge >= 0.3 is 0 Å². The Morgan fingerprint density at radius 3 is 2.73 bits per heavy atom. The molecule has 2 heterocycles. The van der Waals surface area contributed by atoms with Crippen LogP contribution in [0, 0.1) is 6.92 Å². The normalized spacial score (nSPS) is 14.9. The molecular weight excluding hydrogens is 278 g/mol. The van der Waals surface area contributed by atoms with Crippen molar-refractivity contribution in [3.8, 4) is 5.75 Å². The third-order valence-electron chi connectivity index (χ3n) is 3.82. The number of aromatic nitrogens is 2. The average Bonchev–Trinajstić information content (AvgIpc) is 3.14. The van der Waals surface area contributed by atoms with Gasteiger partial charge in [0.15, 0.2) is 0 Å². The molecule has 6 nitrogen and oxygen atoms in total. The Morgan fingerprint density at radius 2 is 2.09 bits per heavy atom. The molecule has 2 aromatic rings. The summed E-state index contributed by atoms with van der Waals surface area (Å²) in [6.45, 7) is 4.07. The van der Waals surface area contributed by atoms with Crippen LogP contribution in [0.4, 0.5) is 11.6 Å². The molecule has 116 valence electrons. The molecule has 0 amide bonds. The predicted molar refractivity (Wildman–Crippen MR) is 88.8 cm³/mol. The Kier molecular flexibility index (Phi) is 4.00. The fraction of sp³-hybridized carbons (Fsp3) is 0.375. The lowest BCUT2D eigenvalue weighted by molar-refractivity contribution is 0.415. The van der Waals surface area contributed by atoms with Crippen LogP contribution in [0.25, 0.3) is 0 Å². The van der Waals surface area contributed by atoms with Crippen LogP contribution in [0.1, 0.15) is 24.1 Å². The van der Waals surface area contributed by atoms with Crippen LogP contribution in [0.2, 0.25) is 0 Å². The quantitative estimate of drug-likeness (QED) is 0.879. The molecule has 1 saturated heterocycles. The number of nitrogens with two attached hydrogens (primary N) is 1. The summed E-state index contributed by atoms with van der Waals surface area (Å²) < 4.78 is 7.10. The van der Waals surface area contributed by atoms with E-state index in [0.717, 1.165) is 35.8 Å². The Hall–Kier alpha value is -2.50. The monoisotopic (exact) mass is 299 g/mol. The first kappa shape index (κ1) is 14.4. The molecule has 1 fully saturated rings. The van der Waals surface area contributed by atoms with E-state index >= 15 is 0 Å². The summed E-state index contributed by atoms with van der Waals surface area (Å²) in [5, 5.41) is 4.33. The van der Waals surface area contributed by atoms with E-state index in [2.05, 4.69) is 21.1 Å². The van der Waals surface area contributed by atoms with E-state index in [1.165, 1.54) is 12.8 Å². The van der Waals surface area contributed by atoms with E-state index in [1.54, 1.807) is 24.2 Å². The highest BCUT2D eigenvalue weighted by atomic mass is 16.5. The molecule has 1 aliphatic heterocycles. The van der Waals surface area contributed by atoms with Gasteiger partial charge in [-0.05, 0) is 37.5 Å². The number of hydrogen-bond donors (Lipinski definition) is 1. The Morgan fingerprint density at radius 1 is 1.32 bits per heavy atom. The maximum absolute atomic E-state index is 5.78. The summed E-state index contributed by atoms with van der Waals surface area (Å²) in [5.41, 5.74) is 8.73. The summed E-state index contributed by atoms with van der Waals surface area (Å²) >= 11 is 0. The van der Waals surface area contributed by atoms with Gasteiger partial charge in [-0.1, -0.05) is 6.07 Å². The number of benzene rings is 1. The van der Waals surface area contributed by atoms with E-state index in [-0.39, 0.29) is 0 Å². The fourth-order valence-electron chi connectivity index (χ4n) is 2.72. The van der Waals surface area contributed by atoms with Crippen LogP contribution in [0.5, 0.6) is 5.75 Å². The lowest BCUT2D eigenvalue weighted by Gasteiger charge is -2.20. The van der Waals surface area contributed by atoms with Gasteiger partial charge in [0.2, 0.25) is 5.95 Å². The van der Waals surface area contributed by atoms with Crippen molar-refractivity contribution in [2.45, 2.75) is 19.8 Å². The van der Waals surface area contributed by atoms with Gasteiger partial charge in [0.05, 0.1) is 30.9 Å². The SMILES string of the molecule is COc1cc(C=Nn2cc(C)nc2N)ccc1N1CCCC1. The molecule has 0 radical (unpaired) electrons. The van der Waals surface area contributed by atoms with Crippen LogP contribution in [-0.2, 0) is 0 Å². The Balaban J connectivity index is 1.84. The number of ether oxygens (including phenoxy) is 1. The maximum Gasteiger partial charge on any atom is 0.221 e. The summed E-state index contributed by atoms with van der Waals surface area (Å²) in [4.78, 5) is 6.48. The summed E-state index contributed by atoms with van der Waals surface area (Å²) in [7, 11) is 1.70. The average molecular weight is 299 g/mol. The van der Waals surface area contributed by atoms with E-state index in [0.29, 0.717) is 5.95 Å². The van der Waals surface area contributed by atoms with Crippen LogP contribution in [-0.4, -0.2) is 36.1 Å². The van der Waals surface area contributed by atoms with E-state index in [1.807, 2.05) is 19.1 Å². The van der Waals surface area contributed by atoms with Gasteiger partial charge in [0, 0.05) is 13.1 Å². The molecule has 1 aromatic heterocycles. The standard InChI is InChI=1S/C16H21N5O/c1-12-11-21(16(17)19-12)18-10-13-5-6-14(15(9-13)22-2)20-7-3-4-8-20/h5-6,9-11H,3-4,7-8H2,1-2H3,(H2,17,19). The van der Waals surface area contributed by atoms with Gasteiger partial charge in [-0.2, -0.15) is 5.10 Å². The number of imidazole rings is 1. The molecule has 22 heavy (non-hydrogen) atoms. The largest absolute Gasteiger partial charge is 0.495 e. The number of methoxy groups -OCH3 is 1. The van der Waals surface area contributed by atoms with Crippen LogP contribution >= 0.6 is 0 Å². The third-order valence-corrected chi connectivity index (χ3v) is 3.82. The molecule has 0 unspecified atom stereocenters. The van der Waals surface area contributed by atoms with Crippen molar-refractivity contribution in [3.63, 3.8) is 0 Å². The molecule has 1 aliphatic rings. The smallest absolute Gasteiger partial charge is 0.221 e. The molecule has 6 heteroatoms. The zero-order valence-corrected chi connectivity index (χ0v) is 13.0. The van der Waals surface area contributed by atoms with Crippen LogP contribution < -0.4 is 15.4 Å². The minimum absolute atomic E-state index is 0.384. The van der Waals surface area contributed by atoms with E-state index < -0.39 is 0 Å². The van der Waals surface area contributed by atoms with Gasteiger partial charge in [0.1, 0.15) is 5.75 Å². The molecule has 1 aromatic carbocycles. The minimum atomic E-state index is 0.384. The van der Waals surface area contributed by atoms with Crippen LogP contribution in [0.15, 0.2) is 29.5 Å². The first-order valence-electron chi connectivity index (χ1n) is 7.46. The van der Waals surface area contributed by atoms with Crippen molar-refractivity contribution in [1.29, 1.82) is 0 Å². The summed E-state index contributed by atoms with van der Waals surface area (Å²) in [5.74, 6) is 1.26. The summed E-state index contributed by atoms with van der Waals surface area (Å²) in [6, 6.07) is 6.13. The van der Waals surface area contributed by atoms with Gasteiger partial charge < -0.3 is 15.4 Å². The topological polar surface area (TPSA) is 68.7 Å². The highest BCUT2D eigenvalue weighted by molar-refractivity contribution is 5.82. The number of nitrogen functional groups attached to an aromatic ring is 1. The molecule has 0 bridgehead atoms. The fourth-order valence-corrected chi connectivity index (χ4v) is 2.72. The number of rotatable bonds is 4. The second-order valence-electron chi connectivity index (χ2n) is 5.46. The van der Waals surface area contributed by atoms with Crippen molar-refractivity contribution in [2.75, 3.05) is 30.8 Å². The number of aryl methyl sites for hydroxylation is 1. The zero-order chi connectivity index (χ0) is 15.5. The number of nitrogens with zero attached hydrogens (tertiary/aromatic N) is 4. The third kappa shape index (κ3) is 2.90. The lowest BCUT2D eigenvalue weighted by Crippen LogP contribution is -2.18. The molecule has 0 spiro atoms. The van der Waals surface area contributed by atoms with Gasteiger partial charge in [-0.25, -0.2) is 9.66 Å². The second kappa shape index (κ2) is 6.09. The van der Waals surface area contributed by atoms with Crippen molar-refractivity contribution in [3.05, 3.63) is 35.7 Å². The van der Waals surface area contributed by atoms with Gasteiger partial charge in [-0.3, -0.25) is 0 Å². The zero-order valence-electron chi connectivity index (χ0n) is 13.0. The molecule has 0 aliphatic carbocycles. The first-order chi connectivity index (χ1) is 10.7. The molecule has 3 rings (SSSR count). The predicted octanol–water partition coefficient (Wildman–Crippen LogP) is 2.26. The minimum Gasteiger partial charge on any atom is -0.495 e. The van der Waals surface area contributed by atoms with E-state index in [9.17, 15) is 0 Å². The van der Waals surface area contributed by atoms with Gasteiger partial charge in [0.25, 0.3) is 0 Å². The van der Waals surface area contributed by atoms with E-state index in [4.69, 9.17) is 10.5 Å². The van der Waals surface area contributed by atoms with Crippen LogP contribution in [0.3, 0.4) is 0 Å². The van der Waals surface area contributed by atoms with Gasteiger partial charge in [-0.15, -0.1) is 0 Å². The number of anilines is 2. The van der Waals surface area contributed by atoms with Crippen molar-refractivity contribution >= 4 is 17.9 Å². The Labute approximate surface area is 130 Å². The molecule has 0 atom stereocenters. The number of hydrogen-bond acceptors (Lipinski definition) is 5. The molecule has 0 saturated carbocycles. The maximum atomic E-state index is 5.78. The first-order valence-corrected chi connectivity index (χ1v) is 7.46. The van der Waals surface area contributed by atoms with Crippen molar-refractivity contribution < 1.29 is 4.74 Å². The highest BCUT2D eigenvalue weighted by Crippen LogP contribution is 2.31. The highest BCUT2D eigenvalue weighted by Gasteiger charge is 2.16. The Bertz CT molecular complexity index is 686. The molecular formula is C16H21N5O. The van der Waals surface area contributed by atoms with Crippen molar-refractivity contribution in [2.24, 2.45) is 5.10 Å².